The summed E-state index contributed by atoms with van der Waals surface area (Å²) in [6, 6.07) is 9.92. The number of para-hydroxylation sites is 1. The third-order valence-corrected chi connectivity index (χ3v) is 5.26. The van der Waals surface area contributed by atoms with E-state index >= 15 is 0 Å². The van der Waals surface area contributed by atoms with Crippen LogP contribution in [0.15, 0.2) is 52.4 Å². The summed E-state index contributed by atoms with van der Waals surface area (Å²) < 4.78 is 10.9. The third-order valence-electron chi connectivity index (χ3n) is 5.10. The lowest BCUT2D eigenvalue weighted by Crippen LogP contribution is -2.51. The topological polar surface area (TPSA) is 75.5 Å². The number of carbonyl (C=O) groups excluding carboxylic acids is 2. The second-order valence-electron chi connectivity index (χ2n) is 6.77. The van der Waals surface area contributed by atoms with E-state index in [2.05, 4.69) is 11.6 Å². The number of aromatic nitrogens is 1. The SMILES string of the molecule is C=C(Cl)C(=O)N1[C@@H](c2ccc(C)o2)c2[nH]c3ccccc3c2C[C@H]1C(=O)OC. The zero-order valence-corrected chi connectivity index (χ0v) is 16.2. The molecule has 7 heteroatoms. The van der Waals surface area contributed by atoms with Crippen LogP contribution in [-0.2, 0) is 20.7 Å². The Balaban J connectivity index is 1.99. The lowest BCUT2D eigenvalue weighted by atomic mass is 9.90. The highest BCUT2D eigenvalue weighted by molar-refractivity contribution is 6.41. The van der Waals surface area contributed by atoms with E-state index < -0.39 is 24.0 Å². The lowest BCUT2D eigenvalue weighted by molar-refractivity contribution is -0.153. The first-order valence-electron chi connectivity index (χ1n) is 8.83. The molecule has 0 unspecified atom stereocenters. The fourth-order valence-electron chi connectivity index (χ4n) is 3.90. The van der Waals surface area contributed by atoms with Crippen molar-refractivity contribution in [3.05, 3.63) is 70.8 Å². The van der Waals surface area contributed by atoms with Crippen molar-refractivity contribution in [3.63, 3.8) is 0 Å². The van der Waals surface area contributed by atoms with Crippen molar-refractivity contribution >= 4 is 34.4 Å². The van der Waals surface area contributed by atoms with Gasteiger partial charge >= 0.3 is 5.97 Å². The summed E-state index contributed by atoms with van der Waals surface area (Å²) in [6.45, 7) is 5.39. The lowest BCUT2D eigenvalue weighted by Gasteiger charge is -2.39. The van der Waals surface area contributed by atoms with Crippen molar-refractivity contribution in [2.75, 3.05) is 7.11 Å². The van der Waals surface area contributed by atoms with Gasteiger partial charge in [0.2, 0.25) is 0 Å². The number of H-pyrrole nitrogens is 1. The van der Waals surface area contributed by atoms with E-state index in [0.717, 1.165) is 22.2 Å². The van der Waals surface area contributed by atoms with Crippen molar-refractivity contribution in [1.29, 1.82) is 0 Å². The number of benzene rings is 1. The maximum atomic E-state index is 13.0. The highest BCUT2D eigenvalue weighted by atomic mass is 35.5. The first kappa shape index (κ1) is 18.4. The van der Waals surface area contributed by atoms with Crippen LogP contribution >= 0.6 is 11.6 Å². The van der Waals surface area contributed by atoms with Crippen molar-refractivity contribution in [2.24, 2.45) is 0 Å². The van der Waals surface area contributed by atoms with Crippen LogP contribution < -0.4 is 0 Å². The molecule has 0 radical (unpaired) electrons. The minimum Gasteiger partial charge on any atom is -0.467 e. The number of nitrogens with zero attached hydrogens (tertiary/aromatic N) is 1. The third kappa shape index (κ3) is 2.81. The normalized spacial score (nSPS) is 18.8. The summed E-state index contributed by atoms with van der Waals surface area (Å²) in [5, 5.41) is 0.818. The molecule has 1 N–H and O–H groups in total. The summed E-state index contributed by atoms with van der Waals surface area (Å²) in [5.41, 5.74) is 2.67. The Hall–Kier alpha value is -2.99. The number of ether oxygens (including phenoxy) is 1. The quantitative estimate of drug-likeness (QED) is 0.537. The molecule has 1 aliphatic rings. The number of halogens is 1. The average molecular weight is 399 g/mol. The maximum Gasteiger partial charge on any atom is 0.328 e. The molecule has 1 aromatic carbocycles. The van der Waals surface area contributed by atoms with Gasteiger partial charge in [-0.05, 0) is 30.7 Å². The summed E-state index contributed by atoms with van der Waals surface area (Å²) in [4.78, 5) is 30.4. The Kier molecular flexibility index (Phi) is 4.51. The van der Waals surface area contributed by atoms with E-state index in [9.17, 15) is 9.59 Å². The standard InChI is InChI=1S/C21H19ClN2O4/c1-11-8-9-17(28-11)19-18-14(13-6-4-5-7-15(13)23-18)10-16(21(26)27-3)24(19)20(25)12(2)22/h4-9,16,19,23H,2,10H2,1,3H3/t16-,19-/m0/s1. The number of methoxy groups -OCH3 is 1. The zero-order chi connectivity index (χ0) is 20.0. The molecule has 2 aromatic heterocycles. The van der Waals surface area contributed by atoms with Crippen molar-refractivity contribution in [3.8, 4) is 0 Å². The first-order chi connectivity index (χ1) is 13.4. The largest absolute Gasteiger partial charge is 0.467 e. The van der Waals surface area contributed by atoms with Crippen LogP contribution in [0.25, 0.3) is 10.9 Å². The molecule has 2 atom stereocenters. The molecule has 0 spiro atoms. The molecule has 6 nitrogen and oxygen atoms in total. The van der Waals surface area contributed by atoms with Crippen LogP contribution in [0.4, 0.5) is 0 Å². The molecule has 3 heterocycles. The Bertz CT molecular complexity index is 1100. The molecular weight excluding hydrogens is 380 g/mol. The van der Waals surface area contributed by atoms with Gasteiger partial charge in [-0.1, -0.05) is 36.4 Å². The Morgan fingerprint density at radius 2 is 2.04 bits per heavy atom. The molecule has 0 saturated carbocycles. The van der Waals surface area contributed by atoms with Gasteiger partial charge in [-0.2, -0.15) is 0 Å². The van der Waals surface area contributed by atoms with E-state index in [0.29, 0.717) is 17.9 Å². The van der Waals surface area contributed by atoms with Gasteiger partial charge in [-0.3, -0.25) is 4.79 Å². The van der Waals surface area contributed by atoms with E-state index in [1.54, 1.807) is 6.07 Å². The molecule has 0 aliphatic carbocycles. The number of carbonyl (C=O) groups is 2. The van der Waals surface area contributed by atoms with Crippen LogP contribution in [0.1, 0.15) is 28.8 Å². The predicted octanol–water partition coefficient (Wildman–Crippen LogP) is 3.84. The van der Waals surface area contributed by atoms with Crippen LogP contribution in [0.2, 0.25) is 0 Å². The predicted molar refractivity (Wildman–Crippen MR) is 105 cm³/mol. The first-order valence-corrected chi connectivity index (χ1v) is 9.21. The number of fused-ring (bicyclic) bond motifs is 3. The molecule has 28 heavy (non-hydrogen) atoms. The van der Waals surface area contributed by atoms with E-state index in [-0.39, 0.29) is 5.03 Å². The number of amides is 1. The number of hydrogen-bond acceptors (Lipinski definition) is 4. The molecule has 0 fully saturated rings. The van der Waals surface area contributed by atoms with Crippen molar-refractivity contribution < 1.29 is 18.7 Å². The summed E-state index contributed by atoms with van der Waals surface area (Å²) in [6.07, 6.45) is 0.304. The summed E-state index contributed by atoms with van der Waals surface area (Å²) >= 11 is 5.96. The average Bonchev–Trinajstić information content (AvgIpc) is 3.28. The van der Waals surface area contributed by atoms with E-state index in [1.165, 1.54) is 12.0 Å². The minimum absolute atomic E-state index is 0.179. The minimum atomic E-state index is -0.852. The van der Waals surface area contributed by atoms with Crippen LogP contribution in [0.3, 0.4) is 0 Å². The van der Waals surface area contributed by atoms with Gasteiger partial charge in [0.15, 0.2) is 0 Å². The van der Waals surface area contributed by atoms with Gasteiger partial charge in [-0.25, -0.2) is 4.79 Å². The molecule has 3 aromatic rings. The fourth-order valence-corrected chi connectivity index (χ4v) is 3.99. The van der Waals surface area contributed by atoms with Crippen molar-refractivity contribution in [2.45, 2.75) is 25.4 Å². The summed E-state index contributed by atoms with van der Waals surface area (Å²) in [5.74, 6) is 0.172. The molecule has 144 valence electrons. The monoisotopic (exact) mass is 398 g/mol. The number of nitrogens with one attached hydrogen (secondary N) is 1. The molecule has 0 saturated heterocycles. The highest BCUT2D eigenvalue weighted by Gasteiger charge is 2.45. The number of esters is 1. The second kappa shape index (κ2) is 6.87. The smallest absolute Gasteiger partial charge is 0.328 e. The molecule has 1 aliphatic heterocycles. The summed E-state index contributed by atoms with van der Waals surface area (Å²) in [7, 11) is 1.30. The molecule has 4 rings (SSSR count). The zero-order valence-electron chi connectivity index (χ0n) is 15.5. The van der Waals surface area contributed by atoms with Gasteiger partial charge in [0.25, 0.3) is 5.91 Å². The van der Waals surface area contributed by atoms with Gasteiger partial charge in [-0.15, -0.1) is 0 Å². The molecule has 0 bridgehead atoms. The van der Waals surface area contributed by atoms with Crippen molar-refractivity contribution in [1.82, 2.24) is 9.88 Å². The Morgan fingerprint density at radius 3 is 2.68 bits per heavy atom. The fraction of sp³-hybridized carbons (Fsp3) is 0.238. The number of hydrogen-bond donors (Lipinski definition) is 1. The van der Waals surface area contributed by atoms with Crippen LogP contribution in [-0.4, -0.2) is 34.9 Å². The number of furan rings is 1. The Morgan fingerprint density at radius 1 is 1.29 bits per heavy atom. The molecule has 1 amide bonds. The second-order valence-corrected chi connectivity index (χ2v) is 7.23. The van der Waals surface area contributed by atoms with Crippen LogP contribution in [0, 0.1) is 6.92 Å². The van der Waals surface area contributed by atoms with E-state index in [4.69, 9.17) is 20.8 Å². The highest BCUT2D eigenvalue weighted by Crippen LogP contribution is 2.42. The van der Waals surface area contributed by atoms with Gasteiger partial charge < -0.3 is 19.0 Å². The Labute approximate surface area is 166 Å². The van der Waals surface area contributed by atoms with E-state index in [1.807, 2.05) is 37.3 Å². The number of aromatic amines is 1. The number of aryl methyl sites for hydroxylation is 1. The maximum absolute atomic E-state index is 13.0. The van der Waals surface area contributed by atoms with Gasteiger partial charge in [0.1, 0.15) is 23.6 Å². The van der Waals surface area contributed by atoms with Gasteiger partial charge in [0, 0.05) is 17.3 Å². The molecular formula is C21H19ClN2O4. The number of rotatable bonds is 3. The van der Waals surface area contributed by atoms with Gasteiger partial charge in [0.05, 0.1) is 17.8 Å². The van der Waals surface area contributed by atoms with Crippen LogP contribution in [0.5, 0.6) is 0 Å².